The zero-order valence-electron chi connectivity index (χ0n) is 17.3. The second-order valence-electron chi connectivity index (χ2n) is 7.08. The van der Waals surface area contributed by atoms with E-state index in [2.05, 4.69) is 62.4 Å². The summed E-state index contributed by atoms with van der Waals surface area (Å²) in [6.07, 6.45) is 1.36. The summed E-state index contributed by atoms with van der Waals surface area (Å²) >= 11 is 4.63. The van der Waals surface area contributed by atoms with E-state index >= 15 is 0 Å². The number of amides is 1. The maximum atomic E-state index is 12.2. The Hall–Kier alpha value is -2.39. The summed E-state index contributed by atoms with van der Waals surface area (Å²) in [5, 5.41) is 11.9. The molecular formula is C21H24BrN5O2S. The maximum absolute atomic E-state index is 12.2. The van der Waals surface area contributed by atoms with Crippen molar-refractivity contribution in [3.05, 3.63) is 58.5 Å². The van der Waals surface area contributed by atoms with E-state index in [-0.39, 0.29) is 17.8 Å². The number of aromatic nitrogens is 4. The highest BCUT2D eigenvalue weighted by Crippen LogP contribution is 2.25. The monoisotopic (exact) mass is 489 g/mol. The molecule has 9 heteroatoms. The van der Waals surface area contributed by atoms with Crippen LogP contribution in [-0.4, -0.2) is 31.4 Å². The Morgan fingerprint density at radius 3 is 2.53 bits per heavy atom. The molecule has 0 saturated heterocycles. The predicted octanol–water partition coefficient (Wildman–Crippen LogP) is 4.97. The highest BCUT2D eigenvalue weighted by atomic mass is 79.9. The lowest BCUT2D eigenvalue weighted by Crippen LogP contribution is -2.15. The van der Waals surface area contributed by atoms with Crippen LogP contribution in [0.1, 0.15) is 44.2 Å². The maximum Gasteiger partial charge on any atom is 0.236 e. The number of pyridine rings is 1. The van der Waals surface area contributed by atoms with Crippen LogP contribution >= 0.6 is 27.7 Å². The van der Waals surface area contributed by atoms with Gasteiger partial charge in [0.15, 0.2) is 17.1 Å². The number of hydrogen-bond donors (Lipinski definition) is 1. The van der Waals surface area contributed by atoms with Gasteiger partial charge in [-0.1, -0.05) is 37.7 Å². The molecule has 30 heavy (non-hydrogen) atoms. The number of carbonyl (C=O) groups is 1. The van der Waals surface area contributed by atoms with Crippen LogP contribution in [0.15, 0.2) is 52.2 Å². The number of thioether (sulfide) groups is 1. The lowest BCUT2D eigenvalue weighted by molar-refractivity contribution is -0.113. The van der Waals surface area contributed by atoms with Crippen molar-refractivity contribution in [2.75, 3.05) is 11.1 Å². The Kier molecular flexibility index (Phi) is 7.49. The molecule has 2 heterocycles. The third-order valence-corrected chi connectivity index (χ3v) is 5.91. The zero-order valence-corrected chi connectivity index (χ0v) is 19.7. The molecule has 3 rings (SSSR count). The first-order valence-electron chi connectivity index (χ1n) is 9.53. The van der Waals surface area contributed by atoms with Crippen molar-refractivity contribution in [3.8, 4) is 5.75 Å². The van der Waals surface area contributed by atoms with Gasteiger partial charge in [0.05, 0.1) is 5.75 Å². The quantitative estimate of drug-likeness (QED) is 0.450. The molecule has 1 atom stereocenters. The topological polar surface area (TPSA) is 81.9 Å². The summed E-state index contributed by atoms with van der Waals surface area (Å²) < 4.78 is 8.72. The second-order valence-corrected chi connectivity index (χ2v) is 8.94. The van der Waals surface area contributed by atoms with Crippen molar-refractivity contribution >= 4 is 39.4 Å². The molecule has 0 saturated carbocycles. The fourth-order valence-electron chi connectivity index (χ4n) is 2.75. The molecule has 0 bridgehead atoms. The molecule has 0 radical (unpaired) electrons. The highest BCUT2D eigenvalue weighted by molar-refractivity contribution is 9.10. The van der Waals surface area contributed by atoms with Gasteiger partial charge in [-0.3, -0.25) is 4.79 Å². The number of nitrogens with one attached hydrogen (secondary N) is 1. The molecule has 0 fully saturated rings. The van der Waals surface area contributed by atoms with Crippen LogP contribution in [0.3, 0.4) is 0 Å². The first kappa shape index (κ1) is 22.3. The van der Waals surface area contributed by atoms with Gasteiger partial charge in [-0.05, 0) is 58.6 Å². The third-order valence-electron chi connectivity index (χ3n) is 4.42. The lowest BCUT2D eigenvalue weighted by atomic mass is 10.0. The van der Waals surface area contributed by atoms with Gasteiger partial charge < -0.3 is 14.6 Å². The summed E-state index contributed by atoms with van der Waals surface area (Å²) in [5.74, 6) is 2.51. The minimum atomic E-state index is -0.275. The number of rotatable bonds is 8. The fraction of sp³-hybridized carbons (Fsp3) is 0.333. The van der Waals surface area contributed by atoms with E-state index in [1.807, 2.05) is 36.7 Å². The van der Waals surface area contributed by atoms with Crippen LogP contribution in [0.4, 0.5) is 5.82 Å². The molecule has 1 aromatic carbocycles. The number of halogens is 1. The lowest BCUT2D eigenvalue weighted by Gasteiger charge is -2.15. The van der Waals surface area contributed by atoms with Crippen molar-refractivity contribution in [3.63, 3.8) is 0 Å². The van der Waals surface area contributed by atoms with Crippen molar-refractivity contribution < 1.29 is 9.53 Å². The molecule has 158 valence electrons. The Labute approximate surface area is 188 Å². The first-order chi connectivity index (χ1) is 14.3. The van der Waals surface area contributed by atoms with E-state index < -0.39 is 0 Å². The summed E-state index contributed by atoms with van der Waals surface area (Å²) in [7, 11) is 1.87. The van der Waals surface area contributed by atoms with Gasteiger partial charge in [0.25, 0.3) is 0 Å². The van der Waals surface area contributed by atoms with E-state index in [9.17, 15) is 4.79 Å². The number of nitrogens with zero attached hydrogens (tertiary/aromatic N) is 4. The minimum absolute atomic E-state index is 0.158. The van der Waals surface area contributed by atoms with Gasteiger partial charge in [0.1, 0.15) is 11.6 Å². The molecular weight excluding hydrogens is 466 g/mol. The average molecular weight is 490 g/mol. The summed E-state index contributed by atoms with van der Waals surface area (Å²) in [6.45, 7) is 6.25. The second kappa shape index (κ2) is 10.1. The Bertz CT molecular complexity index is 990. The number of ether oxygens (including phenoxy) is 1. The normalized spacial score (nSPS) is 12.1. The van der Waals surface area contributed by atoms with E-state index in [4.69, 9.17) is 4.74 Å². The largest absolute Gasteiger partial charge is 0.483 e. The van der Waals surface area contributed by atoms with E-state index in [1.165, 1.54) is 17.3 Å². The van der Waals surface area contributed by atoms with Gasteiger partial charge >= 0.3 is 0 Å². The average Bonchev–Trinajstić information content (AvgIpc) is 3.09. The van der Waals surface area contributed by atoms with Crippen LogP contribution in [0.5, 0.6) is 5.75 Å². The van der Waals surface area contributed by atoms with Crippen LogP contribution in [-0.2, 0) is 11.8 Å². The van der Waals surface area contributed by atoms with Crippen LogP contribution in [0.25, 0.3) is 0 Å². The van der Waals surface area contributed by atoms with Gasteiger partial charge in [-0.2, -0.15) is 0 Å². The standard InChI is InChI=1S/C21H24BrN5O2S/c1-13(2)15-5-8-17(9-6-15)29-14(3)20-25-26-21(27(20)4)30-12-19(28)24-18-10-7-16(22)11-23-18/h5-11,13-14H,12H2,1-4H3,(H,23,24,28). The zero-order chi connectivity index (χ0) is 21.7. The minimum Gasteiger partial charge on any atom is -0.483 e. The number of hydrogen-bond acceptors (Lipinski definition) is 6. The molecule has 0 aliphatic carbocycles. The fourth-order valence-corrected chi connectivity index (χ4v) is 3.71. The summed E-state index contributed by atoms with van der Waals surface area (Å²) in [5.41, 5.74) is 1.27. The third kappa shape index (κ3) is 5.82. The van der Waals surface area contributed by atoms with Gasteiger partial charge in [0.2, 0.25) is 5.91 Å². The van der Waals surface area contributed by atoms with Gasteiger partial charge in [-0.15, -0.1) is 10.2 Å². The number of benzene rings is 1. The van der Waals surface area contributed by atoms with E-state index in [0.717, 1.165) is 10.2 Å². The van der Waals surface area contributed by atoms with Crippen molar-refractivity contribution in [1.82, 2.24) is 19.7 Å². The van der Waals surface area contributed by atoms with Crippen molar-refractivity contribution in [2.24, 2.45) is 7.05 Å². The number of anilines is 1. The summed E-state index contributed by atoms with van der Waals surface area (Å²) in [4.78, 5) is 16.3. The smallest absolute Gasteiger partial charge is 0.236 e. The molecule has 0 aliphatic heterocycles. The summed E-state index contributed by atoms with van der Waals surface area (Å²) in [6, 6.07) is 11.6. The first-order valence-corrected chi connectivity index (χ1v) is 11.3. The molecule has 1 N–H and O–H groups in total. The van der Waals surface area contributed by atoms with Gasteiger partial charge in [-0.25, -0.2) is 4.98 Å². The molecule has 7 nitrogen and oxygen atoms in total. The predicted molar refractivity (Wildman–Crippen MR) is 122 cm³/mol. The van der Waals surface area contributed by atoms with E-state index in [1.54, 1.807) is 12.3 Å². The molecule has 1 unspecified atom stereocenters. The Morgan fingerprint density at radius 2 is 1.90 bits per heavy atom. The number of carbonyl (C=O) groups excluding carboxylic acids is 1. The highest BCUT2D eigenvalue weighted by Gasteiger charge is 2.18. The van der Waals surface area contributed by atoms with Crippen molar-refractivity contribution in [1.29, 1.82) is 0 Å². The Balaban J connectivity index is 1.56. The van der Waals surface area contributed by atoms with Crippen LogP contribution in [0, 0.1) is 0 Å². The van der Waals surface area contributed by atoms with Gasteiger partial charge in [0, 0.05) is 17.7 Å². The van der Waals surface area contributed by atoms with Crippen molar-refractivity contribution in [2.45, 2.75) is 37.9 Å². The van der Waals surface area contributed by atoms with Crippen LogP contribution in [0.2, 0.25) is 0 Å². The molecule has 0 aliphatic rings. The SMILES string of the molecule is CC(C)c1ccc(OC(C)c2nnc(SCC(=O)Nc3ccc(Br)cn3)n2C)cc1. The molecule has 1 amide bonds. The Morgan fingerprint density at radius 1 is 1.17 bits per heavy atom. The van der Waals surface area contributed by atoms with E-state index in [0.29, 0.717) is 22.7 Å². The molecule has 0 spiro atoms. The molecule has 2 aromatic heterocycles. The molecule has 3 aromatic rings. The van der Waals surface area contributed by atoms with Crippen LogP contribution < -0.4 is 10.1 Å².